The molecule has 2 rings (SSSR count). The van der Waals surface area contributed by atoms with Gasteiger partial charge in [0.25, 0.3) is 5.91 Å². The zero-order chi connectivity index (χ0) is 14.7. The summed E-state index contributed by atoms with van der Waals surface area (Å²) in [5, 5.41) is 6.57. The Labute approximate surface area is 115 Å². The van der Waals surface area contributed by atoms with Gasteiger partial charge in [0.2, 0.25) is 0 Å². The number of carbonyl (C=O) groups is 2. The van der Waals surface area contributed by atoms with E-state index in [1.165, 1.54) is 18.0 Å². The summed E-state index contributed by atoms with van der Waals surface area (Å²) in [7, 11) is 2.96. The number of ether oxygens (including phenoxy) is 1. The number of hydrogen-bond acceptors (Lipinski definition) is 5. The van der Waals surface area contributed by atoms with E-state index < -0.39 is 5.97 Å². The van der Waals surface area contributed by atoms with Crippen LogP contribution in [0, 0.1) is 0 Å². The molecule has 0 aliphatic rings. The van der Waals surface area contributed by atoms with Gasteiger partial charge in [0.05, 0.1) is 18.9 Å². The number of benzene rings is 1. The maximum absolute atomic E-state index is 12.0. The largest absolute Gasteiger partial charge is 0.465 e. The van der Waals surface area contributed by atoms with E-state index in [1.807, 2.05) is 0 Å². The molecule has 20 heavy (non-hydrogen) atoms. The van der Waals surface area contributed by atoms with Crippen LogP contribution in [0.5, 0.6) is 0 Å². The fourth-order valence-corrected chi connectivity index (χ4v) is 1.63. The van der Waals surface area contributed by atoms with Gasteiger partial charge < -0.3 is 15.8 Å². The van der Waals surface area contributed by atoms with Crippen molar-refractivity contribution >= 4 is 23.4 Å². The van der Waals surface area contributed by atoms with E-state index >= 15 is 0 Å². The number of nitrogens with zero attached hydrogens (tertiary/aromatic N) is 2. The second kappa shape index (κ2) is 5.43. The molecule has 1 heterocycles. The van der Waals surface area contributed by atoms with Crippen LogP contribution in [0.1, 0.15) is 20.7 Å². The van der Waals surface area contributed by atoms with Crippen molar-refractivity contribution in [1.82, 2.24) is 9.78 Å². The molecule has 104 valence electrons. The number of carbonyl (C=O) groups excluding carboxylic acids is 2. The van der Waals surface area contributed by atoms with Gasteiger partial charge >= 0.3 is 5.97 Å². The summed E-state index contributed by atoms with van der Waals surface area (Å²) in [6.07, 6.45) is 1.40. The molecule has 7 nitrogen and oxygen atoms in total. The third kappa shape index (κ3) is 2.61. The quantitative estimate of drug-likeness (QED) is 0.815. The lowest BCUT2D eigenvalue weighted by molar-refractivity contribution is 0.0600. The third-order valence-electron chi connectivity index (χ3n) is 2.79. The van der Waals surface area contributed by atoms with Crippen LogP contribution in [0.15, 0.2) is 30.5 Å². The zero-order valence-corrected chi connectivity index (χ0v) is 11.1. The minimum atomic E-state index is -0.431. The molecule has 0 spiro atoms. The number of nitrogens with one attached hydrogen (secondary N) is 1. The number of amides is 1. The van der Waals surface area contributed by atoms with Gasteiger partial charge in [0.1, 0.15) is 11.4 Å². The first-order valence-corrected chi connectivity index (χ1v) is 5.80. The van der Waals surface area contributed by atoms with Crippen LogP contribution in [-0.4, -0.2) is 28.8 Å². The highest BCUT2D eigenvalue weighted by Crippen LogP contribution is 2.14. The lowest BCUT2D eigenvalue weighted by atomic mass is 10.2. The van der Waals surface area contributed by atoms with Gasteiger partial charge in [0, 0.05) is 12.7 Å². The molecule has 7 heteroatoms. The normalized spacial score (nSPS) is 10.1. The fraction of sp³-hybridized carbons (Fsp3) is 0.154. The molecule has 0 unspecified atom stereocenters. The van der Waals surface area contributed by atoms with Crippen molar-refractivity contribution in [3.63, 3.8) is 0 Å². The van der Waals surface area contributed by atoms with Gasteiger partial charge in [-0.05, 0) is 24.3 Å². The van der Waals surface area contributed by atoms with Crippen molar-refractivity contribution < 1.29 is 14.3 Å². The first kappa shape index (κ1) is 13.6. The zero-order valence-electron chi connectivity index (χ0n) is 11.1. The molecular weight excluding hydrogens is 260 g/mol. The van der Waals surface area contributed by atoms with Crippen molar-refractivity contribution in [1.29, 1.82) is 0 Å². The number of rotatable bonds is 3. The summed E-state index contributed by atoms with van der Waals surface area (Å²) in [5.74, 6) is -0.505. The van der Waals surface area contributed by atoms with Gasteiger partial charge in [-0.1, -0.05) is 0 Å². The Morgan fingerprint density at radius 1 is 1.30 bits per heavy atom. The van der Waals surface area contributed by atoms with E-state index in [-0.39, 0.29) is 11.7 Å². The fourth-order valence-electron chi connectivity index (χ4n) is 1.63. The maximum atomic E-state index is 12.0. The predicted molar refractivity (Wildman–Crippen MR) is 73.4 cm³/mol. The summed E-state index contributed by atoms with van der Waals surface area (Å²) in [6, 6.07) is 6.34. The van der Waals surface area contributed by atoms with E-state index in [9.17, 15) is 9.59 Å². The molecule has 0 saturated carbocycles. The summed E-state index contributed by atoms with van der Waals surface area (Å²) in [5.41, 5.74) is 6.97. The molecule has 0 aliphatic heterocycles. The van der Waals surface area contributed by atoms with Crippen LogP contribution in [0.25, 0.3) is 0 Å². The summed E-state index contributed by atoms with van der Waals surface area (Å²) >= 11 is 0. The monoisotopic (exact) mass is 274 g/mol. The molecule has 0 radical (unpaired) electrons. The second-order valence-electron chi connectivity index (χ2n) is 4.09. The highest BCUT2D eigenvalue weighted by atomic mass is 16.5. The highest BCUT2D eigenvalue weighted by Gasteiger charge is 2.14. The standard InChI is InChI=1S/C13H14N4O3/c1-17-11(14)10(7-15-17)12(18)16-9-5-3-8(4-6-9)13(19)20-2/h3-7H,14H2,1-2H3,(H,16,18). The molecule has 2 aromatic rings. The van der Waals surface area contributed by atoms with E-state index in [0.29, 0.717) is 16.8 Å². The number of aromatic nitrogens is 2. The Morgan fingerprint density at radius 2 is 1.95 bits per heavy atom. The van der Waals surface area contributed by atoms with Gasteiger partial charge in [-0.3, -0.25) is 9.48 Å². The number of nitrogens with two attached hydrogens (primary N) is 1. The summed E-state index contributed by atoms with van der Waals surface area (Å²) in [6.45, 7) is 0. The number of esters is 1. The Morgan fingerprint density at radius 3 is 2.45 bits per heavy atom. The molecule has 0 saturated heterocycles. The molecule has 1 aromatic carbocycles. The van der Waals surface area contributed by atoms with Crippen LogP contribution in [-0.2, 0) is 11.8 Å². The first-order chi connectivity index (χ1) is 9.52. The van der Waals surface area contributed by atoms with Crippen molar-refractivity contribution in [3.8, 4) is 0 Å². The number of hydrogen-bond donors (Lipinski definition) is 2. The van der Waals surface area contributed by atoms with Crippen molar-refractivity contribution in [3.05, 3.63) is 41.6 Å². The van der Waals surface area contributed by atoms with Gasteiger partial charge in [-0.2, -0.15) is 5.10 Å². The van der Waals surface area contributed by atoms with Gasteiger partial charge in [-0.25, -0.2) is 4.79 Å². The smallest absolute Gasteiger partial charge is 0.337 e. The molecule has 0 fully saturated rings. The molecule has 0 aliphatic carbocycles. The van der Waals surface area contributed by atoms with E-state index in [0.717, 1.165) is 0 Å². The first-order valence-electron chi connectivity index (χ1n) is 5.80. The Hall–Kier alpha value is -2.83. The van der Waals surface area contributed by atoms with Crippen molar-refractivity contribution in [2.75, 3.05) is 18.2 Å². The van der Waals surface area contributed by atoms with Crippen LogP contribution in [0.2, 0.25) is 0 Å². The Bertz CT molecular complexity index is 646. The summed E-state index contributed by atoms with van der Waals surface area (Å²) in [4.78, 5) is 23.3. The maximum Gasteiger partial charge on any atom is 0.337 e. The Balaban J connectivity index is 2.12. The SMILES string of the molecule is COC(=O)c1ccc(NC(=O)c2cnn(C)c2N)cc1. The van der Waals surface area contributed by atoms with Crippen LogP contribution in [0.4, 0.5) is 11.5 Å². The van der Waals surface area contributed by atoms with Crippen LogP contribution < -0.4 is 11.1 Å². The van der Waals surface area contributed by atoms with Crippen molar-refractivity contribution in [2.24, 2.45) is 7.05 Å². The molecule has 3 N–H and O–H groups in total. The van der Waals surface area contributed by atoms with Gasteiger partial charge in [-0.15, -0.1) is 0 Å². The van der Waals surface area contributed by atoms with E-state index in [4.69, 9.17) is 5.73 Å². The van der Waals surface area contributed by atoms with Crippen LogP contribution >= 0.6 is 0 Å². The van der Waals surface area contributed by atoms with Crippen molar-refractivity contribution in [2.45, 2.75) is 0 Å². The predicted octanol–water partition coefficient (Wildman–Crippen LogP) is 1.04. The molecular formula is C13H14N4O3. The lowest BCUT2D eigenvalue weighted by Gasteiger charge is -2.05. The van der Waals surface area contributed by atoms with Crippen LogP contribution in [0.3, 0.4) is 0 Å². The minimum absolute atomic E-state index is 0.286. The Kier molecular flexibility index (Phi) is 3.69. The van der Waals surface area contributed by atoms with Gasteiger partial charge in [0.15, 0.2) is 0 Å². The molecule has 1 amide bonds. The second-order valence-corrected chi connectivity index (χ2v) is 4.09. The van der Waals surface area contributed by atoms with E-state index in [2.05, 4.69) is 15.2 Å². The molecule has 0 bridgehead atoms. The number of aryl methyl sites for hydroxylation is 1. The average molecular weight is 274 g/mol. The third-order valence-corrected chi connectivity index (χ3v) is 2.79. The number of nitrogen functional groups attached to an aromatic ring is 1. The minimum Gasteiger partial charge on any atom is -0.465 e. The summed E-state index contributed by atoms with van der Waals surface area (Å²) < 4.78 is 6.00. The topological polar surface area (TPSA) is 99.2 Å². The van der Waals surface area contributed by atoms with E-state index in [1.54, 1.807) is 31.3 Å². The number of anilines is 2. The molecule has 1 aromatic heterocycles. The molecule has 0 atom stereocenters. The lowest BCUT2D eigenvalue weighted by Crippen LogP contribution is -2.14. The highest BCUT2D eigenvalue weighted by molar-refractivity contribution is 6.07. The average Bonchev–Trinajstić information content (AvgIpc) is 2.79. The number of methoxy groups -OCH3 is 1.